The SMILES string of the molecule is O=C([O-])Cc1ccccc1OCCCBr. The zero-order valence-electron chi connectivity index (χ0n) is 8.24. The van der Waals surface area contributed by atoms with Gasteiger partial charge >= 0.3 is 0 Å². The van der Waals surface area contributed by atoms with Crippen LogP contribution in [0.2, 0.25) is 0 Å². The number of aliphatic carboxylic acids is 1. The van der Waals surface area contributed by atoms with Gasteiger partial charge in [0.25, 0.3) is 0 Å². The normalized spacial score (nSPS) is 9.93. The van der Waals surface area contributed by atoms with Gasteiger partial charge in [0, 0.05) is 17.7 Å². The van der Waals surface area contributed by atoms with Gasteiger partial charge in [-0.25, -0.2) is 0 Å². The van der Waals surface area contributed by atoms with E-state index in [9.17, 15) is 9.90 Å². The summed E-state index contributed by atoms with van der Waals surface area (Å²) in [6, 6.07) is 7.11. The van der Waals surface area contributed by atoms with Crippen LogP contribution in [0.4, 0.5) is 0 Å². The molecule has 4 heteroatoms. The number of carboxylic acid groups (broad SMARTS) is 1. The smallest absolute Gasteiger partial charge is 0.122 e. The number of carboxylic acids is 1. The maximum Gasteiger partial charge on any atom is 0.122 e. The second-order valence-corrected chi connectivity index (χ2v) is 3.84. The van der Waals surface area contributed by atoms with Crippen LogP contribution in [0.3, 0.4) is 0 Å². The van der Waals surface area contributed by atoms with E-state index in [-0.39, 0.29) is 6.42 Å². The van der Waals surface area contributed by atoms with Crippen LogP contribution in [0.25, 0.3) is 0 Å². The van der Waals surface area contributed by atoms with Crippen molar-refractivity contribution >= 4 is 21.9 Å². The van der Waals surface area contributed by atoms with Crippen molar-refractivity contribution in [1.29, 1.82) is 0 Å². The van der Waals surface area contributed by atoms with Crippen LogP contribution in [-0.2, 0) is 11.2 Å². The lowest BCUT2D eigenvalue weighted by Crippen LogP contribution is -2.24. The molecule has 1 rings (SSSR count). The van der Waals surface area contributed by atoms with Crippen LogP contribution in [0.15, 0.2) is 24.3 Å². The van der Waals surface area contributed by atoms with E-state index in [0.29, 0.717) is 17.9 Å². The lowest BCUT2D eigenvalue weighted by atomic mass is 10.1. The van der Waals surface area contributed by atoms with Crippen LogP contribution in [0.5, 0.6) is 5.75 Å². The minimum Gasteiger partial charge on any atom is -0.550 e. The highest BCUT2D eigenvalue weighted by Gasteiger charge is 2.02. The van der Waals surface area contributed by atoms with E-state index in [0.717, 1.165) is 11.8 Å². The predicted molar refractivity (Wildman–Crippen MR) is 59.1 cm³/mol. The van der Waals surface area contributed by atoms with Gasteiger partial charge in [-0.05, 0) is 18.1 Å². The summed E-state index contributed by atoms with van der Waals surface area (Å²) in [6.07, 6.45) is 0.782. The van der Waals surface area contributed by atoms with E-state index in [1.54, 1.807) is 18.2 Å². The first-order valence-electron chi connectivity index (χ1n) is 4.70. The number of alkyl halides is 1. The fourth-order valence-electron chi connectivity index (χ4n) is 1.18. The summed E-state index contributed by atoms with van der Waals surface area (Å²) in [4.78, 5) is 10.5. The standard InChI is InChI=1S/C11H13BrO3/c12-6-3-7-15-10-5-2-1-4-9(10)8-11(13)14/h1-2,4-5H,3,6-8H2,(H,13,14)/p-1. The molecule has 15 heavy (non-hydrogen) atoms. The van der Waals surface area contributed by atoms with Crippen LogP contribution >= 0.6 is 15.9 Å². The van der Waals surface area contributed by atoms with Crippen LogP contribution in [0.1, 0.15) is 12.0 Å². The Morgan fingerprint density at radius 3 is 2.80 bits per heavy atom. The number of carbonyl (C=O) groups excluding carboxylic acids is 1. The van der Waals surface area contributed by atoms with Crippen molar-refractivity contribution in [2.75, 3.05) is 11.9 Å². The maximum atomic E-state index is 10.5. The van der Waals surface area contributed by atoms with Crippen molar-refractivity contribution in [3.8, 4) is 5.75 Å². The van der Waals surface area contributed by atoms with Gasteiger partial charge in [-0.15, -0.1) is 0 Å². The van der Waals surface area contributed by atoms with Crippen molar-refractivity contribution in [2.24, 2.45) is 0 Å². The van der Waals surface area contributed by atoms with E-state index < -0.39 is 5.97 Å². The lowest BCUT2D eigenvalue weighted by Gasteiger charge is -2.11. The number of halogens is 1. The van der Waals surface area contributed by atoms with Crippen molar-refractivity contribution in [1.82, 2.24) is 0 Å². The van der Waals surface area contributed by atoms with Crippen molar-refractivity contribution in [3.63, 3.8) is 0 Å². The molecule has 1 aromatic carbocycles. The molecule has 0 N–H and O–H groups in total. The van der Waals surface area contributed by atoms with Crippen molar-refractivity contribution < 1.29 is 14.6 Å². The first-order chi connectivity index (χ1) is 7.24. The molecule has 0 saturated carbocycles. The van der Waals surface area contributed by atoms with E-state index in [4.69, 9.17) is 4.74 Å². The molecule has 0 aliphatic rings. The third kappa shape index (κ3) is 4.34. The molecule has 0 aromatic heterocycles. The van der Waals surface area contributed by atoms with Crippen LogP contribution < -0.4 is 9.84 Å². The Balaban J connectivity index is 2.64. The summed E-state index contributed by atoms with van der Waals surface area (Å²) < 4.78 is 5.46. The molecular weight excluding hydrogens is 260 g/mol. The van der Waals surface area contributed by atoms with E-state index in [1.165, 1.54) is 0 Å². The quantitative estimate of drug-likeness (QED) is 0.576. The van der Waals surface area contributed by atoms with Crippen molar-refractivity contribution in [3.05, 3.63) is 29.8 Å². The summed E-state index contributed by atoms with van der Waals surface area (Å²) in [7, 11) is 0. The highest BCUT2D eigenvalue weighted by molar-refractivity contribution is 9.09. The maximum absolute atomic E-state index is 10.5. The number of hydrogen-bond acceptors (Lipinski definition) is 3. The summed E-state index contributed by atoms with van der Waals surface area (Å²) in [6.45, 7) is 0.579. The zero-order valence-corrected chi connectivity index (χ0v) is 9.83. The molecule has 0 radical (unpaired) electrons. The largest absolute Gasteiger partial charge is 0.550 e. The second-order valence-electron chi connectivity index (χ2n) is 3.05. The van der Waals surface area contributed by atoms with Crippen molar-refractivity contribution in [2.45, 2.75) is 12.8 Å². The molecular formula is C11H12BrO3-. The number of para-hydroxylation sites is 1. The number of rotatable bonds is 6. The van der Waals surface area contributed by atoms with Gasteiger partial charge in [0.15, 0.2) is 0 Å². The molecule has 3 nitrogen and oxygen atoms in total. The Hall–Kier alpha value is -1.03. The minimum absolute atomic E-state index is 0.107. The van der Waals surface area contributed by atoms with E-state index in [1.807, 2.05) is 6.07 Å². The summed E-state index contributed by atoms with van der Waals surface area (Å²) >= 11 is 3.30. The molecule has 0 bridgehead atoms. The lowest BCUT2D eigenvalue weighted by molar-refractivity contribution is -0.304. The molecule has 1 aromatic rings. The third-order valence-electron chi connectivity index (χ3n) is 1.84. The molecule has 0 aliphatic heterocycles. The number of hydrogen-bond donors (Lipinski definition) is 0. The second kappa shape index (κ2) is 6.45. The summed E-state index contributed by atoms with van der Waals surface area (Å²) in [5.41, 5.74) is 0.659. The number of benzene rings is 1. The Kier molecular flexibility index (Phi) is 5.18. The average Bonchev–Trinajstić information content (AvgIpc) is 2.20. The highest BCUT2D eigenvalue weighted by atomic mass is 79.9. The van der Waals surface area contributed by atoms with Crippen LogP contribution in [0, 0.1) is 0 Å². The van der Waals surface area contributed by atoms with E-state index in [2.05, 4.69) is 15.9 Å². The molecule has 0 fully saturated rings. The van der Waals surface area contributed by atoms with Gasteiger partial charge < -0.3 is 14.6 Å². The zero-order chi connectivity index (χ0) is 11.1. The Labute approximate surface area is 97.2 Å². The predicted octanol–water partition coefficient (Wildman–Crippen LogP) is 1.14. The average molecular weight is 272 g/mol. The Morgan fingerprint density at radius 2 is 2.13 bits per heavy atom. The van der Waals surface area contributed by atoms with Gasteiger partial charge in [0.1, 0.15) is 5.75 Å². The molecule has 0 unspecified atom stereocenters. The molecule has 0 atom stereocenters. The summed E-state index contributed by atoms with van der Waals surface area (Å²) in [5.74, 6) is -0.464. The molecule has 0 amide bonds. The number of ether oxygens (including phenoxy) is 1. The van der Waals surface area contributed by atoms with Crippen LogP contribution in [-0.4, -0.2) is 17.9 Å². The van der Waals surface area contributed by atoms with Gasteiger partial charge in [0.2, 0.25) is 0 Å². The van der Waals surface area contributed by atoms with Gasteiger partial charge in [0.05, 0.1) is 6.61 Å². The third-order valence-corrected chi connectivity index (χ3v) is 2.40. The topological polar surface area (TPSA) is 49.4 Å². The first kappa shape index (κ1) is 12.0. The molecule has 0 spiro atoms. The summed E-state index contributed by atoms with van der Waals surface area (Å²) in [5, 5.41) is 11.3. The minimum atomic E-state index is -1.09. The van der Waals surface area contributed by atoms with Gasteiger partial charge in [-0.2, -0.15) is 0 Å². The van der Waals surface area contributed by atoms with Gasteiger partial charge in [-0.1, -0.05) is 34.1 Å². The highest BCUT2D eigenvalue weighted by Crippen LogP contribution is 2.18. The Bertz CT molecular complexity index is 325. The van der Waals surface area contributed by atoms with Gasteiger partial charge in [-0.3, -0.25) is 0 Å². The first-order valence-corrected chi connectivity index (χ1v) is 5.82. The fourth-order valence-corrected chi connectivity index (χ4v) is 1.41. The monoisotopic (exact) mass is 271 g/mol. The number of carbonyl (C=O) groups is 1. The molecule has 0 heterocycles. The molecule has 82 valence electrons. The Morgan fingerprint density at radius 1 is 1.40 bits per heavy atom. The fraction of sp³-hybridized carbons (Fsp3) is 0.364. The molecule has 0 aliphatic carbocycles. The van der Waals surface area contributed by atoms with E-state index >= 15 is 0 Å². The molecule has 0 saturated heterocycles.